The zero-order valence-corrected chi connectivity index (χ0v) is 15.6. The Morgan fingerprint density at radius 3 is 2.31 bits per heavy atom. The van der Waals surface area contributed by atoms with Gasteiger partial charge >= 0.3 is 0 Å². The Labute approximate surface area is 161 Å². The molecule has 0 radical (unpaired) electrons. The van der Waals surface area contributed by atoms with Crippen molar-refractivity contribution in [2.75, 3.05) is 12.4 Å². The summed E-state index contributed by atoms with van der Waals surface area (Å²) in [7, 11) is 1.55. The van der Waals surface area contributed by atoms with Crippen molar-refractivity contribution in [3.8, 4) is 5.75 Å². The van der Waals surface area contributed by atoms with Crippen LogP contribution >= 0.6 is 23.2 Å². The molecule has 0 aliphatic carbocycles. The number of anilines is 1. The highest BCUT2D eigenvalue weighted by Crippen LogP contribution is 2.24. The summed E-state index contributed by atoms with van der Waals surface area (Å²) in [6.45, 7) is 1.64. The SMILES string of the molecule is COc1ccc(C(=O)NNC(C)=CC(=O)Nc2ccc(Cl)c(Cl)c2)cc1. The van der Waals surface area contributed by atoms with Crippen molar-refractivity contribution in [1.82, 2.24) is 10.9 Å². The summed E-state index contributed by atoms with van der Waals surface area (Å²) in [5.74, 6) is -0.0676. The quantitative estimate of drug-likeness (QED) is 0.515. The van der Waals surface area contributed by atoms with Gasteiger partial charge in [0.15, 0.2) is 0 Å². The molecule has 2 amide bonds. The molecule has 0 fully saturated rings. The monoisotopic (exact) mass is 393 g/mol. The van der Waals surface area contributed by atoms with Crippen LogP contribution < -0.4 is 20.9 Å². The third kappa shape index (κ3) is 5.68. The van der Waals surface area contributed by atoms with Crippen LogP contribution in [0.25, 0.3) is 0 Å². The number of benzene rings is 2. The number of amides is 2. The van der Waals surface area contributed by atoms with Crippen molar-refractivity contribution in [2.45, 2.75) is 6.92 Å². The summed E-state index contributed by atoms with van der Waals surface area (Å²) in [6, 6.07) is 11.4. The summed E-state index contributed by atoms with van der Waals surface area (Å²) in [6.07, 6.45) is 1.30. The topological polar surface area (TPSA) is 79.5 Å². The lowest BCUT2D eigenvalue weighted by atomic mass is 10.2. The molecule has 2 aromatic rings. The fourth-order valence-electron chi connectivity index (χ4n) is 1.95. The molecule has 0 heterocycles. The lowest BCUT2D eigenvalue weighted by Gasteiger charge is -2.09. The molecule has 136 valence electrons. The van der Waals surface area contributed by atoms with E-state index in [2.05, 4.69) is 16.2 Å². The van der Waals surface area contributed by atoms with Gasteiger partial charge in [-0.25, -0.2) is 0 Å². The summed E-state index contributed by atoms with van der Waals surface area (Å²) in [5, 5.41) is 3.39. The number of nitrogens with one attached hydrogen (secondary N) is 3. The molecule has 0 bridgehead atoms. The molecular weight excluding hydrogens is 377 g/mol. The fourth-order valence-corrected chi connectivity index (χ4v) is 2.25. The van der Waals surface area contributed by atoms with Crippen LogP contribution in [-0.4, -0.2) is 18.9 Å². The number of halogens is 2. The Hall–Kier alpha value is -2.70. The minimum Gasteiger partial charge on any atom is -0.497 e. The highest BCUT2D eigenvalue weighted by molar-refractivity contribution is 6.42. The third-order valence-corrected chi connectivity index (χ3v) is 4.00. The second-order valence-electron chi connectivity index (χ2n) is 5.25. The summed E-state index contributed by atoms with van der Waals surface area (Å²) in [5.41, 5.74) is 6.58. The second-order valence-corrected chi connectivity index (χ2v) is 6.07. The van der Waals surface area contributed by atoms with Crippen molar-refractivity contribution < 1.29 is 14.3 Å². The Morgan fingerprint density at radius 1 is 1.00 bits per heavy atom. The van der Waals surface area contributed by atoms with E-state index in [4.69, 9.17) is 27.9 Å². The predicted octanol–water partition coefficient (Wildman–Crippen LogP) is 3.78. The van der Waals surface area contributed by atoms with Crippen molar-refractivity contribution in [3.63, 3.8) is 0 Å². The van der Waals surface area contributed by atoms with Gasteiger partial charge in [-0.15, -0.1) is 0 Å². The van der Waals surface area contributed by atoms with E-state index in [1.54, 1.807) is 56.5 Å². The minimum atomic E-state index is -0.382. The average molecular weight is 394 g/mol. The standard InChI is InChI=1S/C18H17Cl2N3O3/c1-11(9-17(24)21-13-5-8-15(19)16(20)10-13)22-23-18(25)12-3-6-14(26-2)7-4-12/h3-10,22H,1-2H3,(H,21,24)(H,23,25). The molecule has 26 heavy (non-hydrogen) atoms. The van der Waals surface area contributed by atoms with E-state index in [9.17, 15) is 9.59 Å². The van der Waals surface area contributed by atoms with E-state index in [-0.39, 0.29) is 11.8 Å². The third-order valence-electron chi connectivity index (χ3n) is 3.26. The smallest absolute Gasteiger partial charge is 0.269 e. The molecule has 0 aliphatic rings. The molecule has 0 spiro atoms. The van der Waals surface area contributed by atoms with Crippen LogP contribution in [0.5, 0.6) is 5.75 Å². The van der Waals surface area contributed by atoms with Crippen LogP contribution in [0, 0.1) is 0 Å². The van der Waals surface area contributed by atoms with E-state index in [0.717, 1.165) is 0 Å². The number of methoxy groups -OCH3 is 1. The van der Waals surface area contributed by atoms with Crippen LogP contribution in [-0.2, 0) is 4.79 Å². The Kier molecular flexibility index (Phi) is 6.89. The van der Waals surface area contributed by atoms with Gasteiger partial charge in [0.1, 0.15) is 5.75 Å². The van der Waals surface area contributed by atoms with E-state index in [1.165, 1.54) is 6.08 Å². The fraction of sp³-hybridized carbons (Fsp3) is 0.111. The molecule has 0 saturated heterocycles. The normalized spacial score (nSPS) is 10.8. The maximum absolute atomic E-state index is 12.0. The number of rotatable bonds is 6. The summed E-state index contributed by atoms with van der Waals surface area (Å²) >= 11 is 11.7. The molecule has 8 heteroatoms. The van der Waals surface area contributed by atoms with Crippen molar-refractivity contribution in [1.29, 1.82) is 0 Å². The first-order valence-electron chi connectivity index (χ1n) is 7.54. The number of carbonyl (C=O) groups excluding carboxylic acids is 2. The molecule has 2 aromatic carbocycles. The lowest BCUT2D eigenvalue weighted by molar-refractivity contribution is -0.112. The molecular formula is C18H17Cl2N3O3. The number of ether oxygens (including phenoxy) is 1. The van der Waals surface area contributed by atoms with E-state index >= 15 is 0 Å². The van der Waals surface area contributed by atoms with Crippen molar-refractivity contribution in [2.24, 2.45) is 0 Å². The van der Waals surface area contributed by atoms with Gasteiger partial charge in [0.25, 0.3) is 5.91 Å². The Morgan fingerprint density at radius 2 is 1.69 bits per heavy atom. The zero-order chi connectivity index (χ0) is 19.1. The first-order valence-corrected chi connectivity index (χ1v) is 8.29. The first-order chi connectivity index (χ1) is 12.4. The largest absolute Gasteiger partial charge is 0.497 e. The molecule has 0 saturated carbocycles. The molecule has 0 unspecified atom stereocenters. The van der Waals surface area contributed by atoms with Gasteiger partial charge in [-0.05, 0) is 49.4 Å². The maximum atomic E-state index is 12.0. The van der Waals surface area contributed by atoms with Crippen LogP contribution in [0.4, 0.5) is 5.69 Å². The van der Waals surface area contributed by atoms with Gasteiger partial charge in [0.05, 0.1) is 17.2 Å². The summed E-state index contributed by atoms with van der Waals surface area (Å²) < 4.78 is 5.04. The number of hydrogen-bond acceptors (Lipinski definition) is 4. The molecule has 6 nitrogen and oxygen atoms in total. The number of carbonyl (C=O) groups is 2. The van der Waals surface area contributed by atoms with Crippen molar-refractivity contribution >= 4 is 40.7 Å². The maximum Gasteiger partial charge on any atom is 0.269 e. The zero-order valence-electron chi connectivity index (χ0n) is 14.1. The van der Waals surface area contributed by atoms with Crippen LogP contribution in [0.1, 0.15) is 17.3 Å². The number of hydrogen-bond donors (Lipinski definition) is 3. The highest BCUT2D eigenvalue weighted by Gasteiger charge is 2.06. The first kappa shape index (κ1) is 19.6. The minimum absolute atomic E-state index is 0.342. The molecule has 0 atom stereocenters. The van der Waals surface area contributed by atoms with E-state index in [0.29, 0.717) is 32.7 Å². The van der Waals surface area contributed by atoms with Crippen LogP contribution in [0.15, 0.2) is 54.2 Å². The van der Waals surface area contributed by atoms with Gasteiger partial charge in [-0.2, -0.15) is 0 Å². The summed E-state index contributed by atoms with van der Waals surface area (Å²) in [4.78, 5) is 24.0. The average Bonchev–Trinajstić information content (AvgIpc) is 2.62. The number of allylic oxidation sites excluding steroid dienone is 1. The Bertz CT molecular complexity index is 836. The molecule has 3 N–H and O–H groups in total. The van der Waals surface area contributed by atoms with Crippen LogP contribution in [0.2, 0.25) is 10.0 Å². The second kappa shape index (κ2) is 9.12. The van der Waals surface area contributed by atoms with Gasteiger partial charge in [-0.3, -0.25) is 15.0 Å². The molecule has 2 rings (SSSR count). The Balaban J connectivity index is 1.89. The highest BCUT2D eigenvalue weighted by atomic mass is 35.5. The molecule has 0 aromatic heterocycles. The van der Waals surface area contributed by atoms with E-state index in [1.807, 2.05) is 0 Å². The van der Waals surface area contributed by atoms with Gasteiger partial charge in [0.2, 0.25) is 5.91 Å². The van der Waals surface area contributed by atoms with Gasteiger partial charge in [0, 0.05) is 23.0 Å². The predicted molar refractivity (Wildman–Crippen MR) is 102 cm³/mol. The van der Waals surface area contributed by atoms with Gasteiger partial charge in [-0.1, -0.05) is 23.2 Å². The van der Waals surface area contributed by atoms with Crippen molar-refractivity contribution in [3.05, 3.63) is 69.8 Å². The van der Waals surface area contributed by atoms with Crippen LogP contribution in [0.3, 0.4) is 0 Å². The van der Waals surface area contributed by atoms with E-state index < -0.39 is 0 Å². The molecule has 0 aliphatic heterocycles. The number of hydrazine groups is 1. The van der Waals surface area contributed by atoms with Gasteiger partial charge < -0.3 is 15.5 Å². The lowest BCUT2D eigenvalue weighted by Crippen LogP contribution is -2.36.